The third kappa shape index (κ3) is 4.66. The Morgan fingerprint density at radius 3 is 2.55 bits per heavy atom. The van der Waals surface area contributed by atoms with Gasteiger partial charge in [-0.2, -0.15) is 0 Å². The van der Waals surface area contributed by atoms with Crippen LogP contribution in [0.5, 0.6) is 0 Å². The van der Waals surface area contributed by atoms with Gasteiger partial charge in [0.05, 0.1) is 0 Å². The second kappa shape index (κ2) is 9.31. The molecule has 2 fully saturated rings. The maximum atomic E-state index is 10.7. The van der Waals surface area contributed by atoms with E-state index in [4.69, 9.17) is 0 Å². The molecule has 2 saturated heterocycles. The number of nitrogens with one attached hydrogen (secondary N) is 1. The molecule has 0 radical (unpaired) electrons. The summed E-state index contributed by atoms with van der Waals surface area (Å²) in [4.78, 5) is 5.16. The van der Waals surface area contributed by atoms with Gasteiger partial charge in [-0.05, 0) is 79.9 Å². The lowest BCUT2D eigenvalue weighted by Gasteiger charge is -2.46. The van der Waals surface area contributed by atoms with Crippen LogP contribution in [-0.2, 0) is 23.7 Å². The highest BCUT2D eigenvalue weighted by atomic mass is 32.2. The number of anilines is 1. The first-order valence-electron chi connectivity index (χ1n) is 11.7. The van der Waals surface area contributed by atoms with Gasteiger partial charge in [0.15, 0.2) is 0 Å². The topological polar surface area (TPSA) is 52.7 Å². The molecule has 2 aromatic rings. The molecule has 2 aliphatic heterocycles. The van der Waals surface area contributed by atoms with Crippen LogP contribution in [0.1, 0.15) is 41.9 Å². The van der Waals surface area contributed by atoms with Gasteiger partial charge in [-0.1, -0.05) is 36.4 Å². The van der Waals surface area contributed by atoms with Gasteiger partial charge in [-0.25, -0.2) is 13.1 Å². The van der Waals surface area contributed by atoms with Crippen LogP contribution < -0.4 is 9.62 Å². The maximum Gasteiger partial charge on any atom is 0.201 e. The molecule has 3 aliphatic rings. The van der Waals surface area contributed by atoms with Crippen LogP contribution in [0.25, 0.3) is 0 Å². The zero-order valence-electron chi connectivity index (χ0n) is 18.1. The predicted molar refractivity (Wildman–Crippen MR) is 126 cm³/mol. The van der Waals surface area contributed by atoms with E-state index in [1.54, 1.807) is 5.56 Å². The molecule has 1 N–H and O–H groups in total. The Labute approximate surface area is 187 Å². The molecule has 1 aliphatic carbocycles. The number of hydrogen-bond donors (Lipinski definition) is 2. The van der Waals surface area contributed by atoms with E-state index in [1.807, 2.05) is 0 Å². The smallest absolute Gasteiger partial charge is 0.201 e. The van der Waals surface area contributed by atoms with Crippen molar-refractivity contribution in [2.75, 3.05) is 37.6 Å². The first-order valence-corrected chi connectivity index (χ1v) is 12.9. The highest BCUT2D eigenvalue weighted by Crippen LogP contribution is 2.41. The quantitative estimate of drug-likeness (QED) is 0.621. The summed E-state index contributed by atoms with van der Waals surface area (Å²) in [5.41, 5.74) is 5.85. The molecule has 166 valence electrons. The van der Waals surface area contributed by atoms with E-state index in [0.29, 0.717) is 24.4 Å². The van der Waals surface area contributed by atoms with Crippen LogP contribution in [0.15, 0.2) is 48.5 Å². The number of benzene rings is 2. The average molecular weight is 440 g/mol. The Bertz CT molecular complexity index is 960. The van der Waals surface area contributed by atoms with Crippen LogP contribution in [0.2, 0.25) is 0 Å². The third-order valence-electron chi connectivity index (χ3n) is 7.48. The standard InChI is InChI=1S/C25H33N3O2S/c29-31(30)26-12-11-20-17-28(18-20)22-9-7-21-8-10-25(27-13-4-14-27)24(23(21)16-22)15-19-5-2-1-3-6-19/h1-3,5-7,9,16,20,24-25,31H,4,8,10-15,17-18H2,(H,26,29,30)/t24-,25+/m1/s1. The normalized spacial score (nSPS) is 24.0. The summed E-state index contributed by atoms with van der Waals surface area (Å²) in [5.74, 6) is 1.13. The first kappa shape index (κ1) is 21.0. The molecule has 5 rings (SSSR count). The average Bonchev–Trinajstić information content (AvgIpc) is 2.70. The number of rotatable bonds is 8. The minimum Gasteiger partial charge on any atom is -0.371 e. The zero-order valence-corrected chi connectivity index (χ0v) is 19.0. The lowest BCUT2D eigenvalue weighted by molar-refractivity contribution is 0.0877. The highest BCUT2D eigenvalue weighted by molar-refractivity contribution is 7.70. The number of aryl methyl sites for hydroxylation is 1. The molecular formula is C25H33N3O2S. The van der Waals surface area contributed by atoms with Crippen molar-refractivity contribution in [1.29, 1.82) is 0 Å². The van der Waals surface area contributed by atoms with Crippen molar-refractivity contribution in [1.82, 2.24) is 9.62 Å². The molecule has 0 bridgehead atoms. The monoisotopic (exact) mass is 439 g/mol. The highest BCUT2D eigenvalue weighted by Gasteiger charge is 2.36. The molecule has 6 heteroatoms. The molecule has 0 spiro atoms. The summed E-state index contributed by atoms with van der Waals surface area (Å²) in [7, 11) is -2.47. The minimum absolute atomic E-state index is 0.554. The lowest BCUT2D eigenvalue weighted by Crippen LogP contribution is -2.50. The zero-order chi connectivity index (χ0) is 21.2. The van der Waals surface area contributed by atoms with E-state index < -0.39 is 10.9 Å². The van der Waals surface area contributed by atoms with Gasteiger partial charge >= 0.3 is 0 Å². The van der Waals surface area contributed by atoms with Gasteiger partial charge in [-0.15, -0.1) is 0 Å². The van der Waals surface area contributed by atoms with E-state index in [-0.39, 0.29) is 0 Å². The molecule has 2 atom stereocenters. The Morgan fingerprint density at radius 2 is 1.84 bits per heavy atom. The van der Waals surface area contributed by atoms with E-state index in [1.165, 1.54) is 49.2 Å². The van der Waals surface area contributed by atoms with Crippen molar-refractivity contribution in [3.8, 4) is 0 Å². The second-order valence-electron chi connectivity index (χ2n) is 9.40. The summed E-state index contributed by atoms with van der Waals surface area (Å²) in [5, 5.41) is 0. The number of fused-ring (bicyclic) bond motifs is 1. The fourth-order valence-electron chi connectivity index (χ4n) is 5.61. The number of likely N-dealkylation sites (tertiary alicyclic amines) is 1. The summed E-state index contributed by atoms with van der Waals surface area (Å²) < 4.78 is 23.9. The third-order valence-corrected chi connectivity index (χ3v) is 7.96. The Hall–Kier alpha value is -1.89. The molecule has 5 nitrogen and oxygen atoms in total. The van der Waals surface area contributed by atoms with Crippen molar-refractivity contribution in [3.63, 3.8) is 0 Å². The van der Waals surface area contributed by atoms with Crippen LogP contribution in [0.4, 0.5) is 5.69 Å². The minimum atomic E-state index is -2.47. The number of nitrogens with zero attached hydrogens (tertiary/aromatic N) is 2. The van der Waals surface area contributed by atoms with Gasteiger partial charge in [-0.3, -0.25) is 4.90 Å². The predicted octanol–water partition coefficient (Wildman–Crippen LogP) is 2.98. The largest absolute Gasteiger partial charge is 0.371 e. The Morgan fingerprint density at radius 1 is 1.03 bits per heavy atom. The van der Waals surface area contributed by atoms with Gasteiger partial charge in [0.2, 0.25) is 10.9 Å². The van der Waals surface area contributed by atoms with Crippen LogP contribution in [0, 0.1) is 5.92 Å². The van der Waals surface area contributed by atoms with E-state index >= 15 is 0 Å². The lowest BCUT2D eigenvalue weighted by atomic mass is 9.74. The SMILES string of the molecule is O=[SH](=O)NCCC1CN(c2ccc3c(c2)[C@@H](Cc2ccccc2)[C@@H](N2CCC2)CC3)C1. The van der Waals surface area contributed by atoms with Gasteiger partial charge < -0.3 is 4.90 Å². The molecule has 31 heavy (non-hydrogen) atoms. The molecule has 0 unspecified atom stereocenters. The van der Waals surface area contributed by atoms with Crippen LogP contribution in [0.3, 0.4) is 0 Å². The molecule has 0 aromatic heterocycles. The van der Waals surface area contributed by atoms with Crippen molar-refractivity contribution >= 4 is 16.6 Å². The Kier molecular flexibility index (Phi) is 6.30. The fourth-order valence-corrected chi connectivity index (χ4v) is 5.92. The molecule has 0 saturated carbocycles. The van der Waals surface area contributed by atoms with Gasteiger partial charge in [0, 0.05) is 37.3 Å². The van der Waals surface area contributed by atoms with E-state index in [9.17, 15) is 8.42 Å². The number of hydrogen-bond acceptors (Lipinski definition) is 4. The fraction of sp³-hybridized carbons (Fsp3) is 0.520. The van der Waals surface area contributed by atoms with E-state index in [0.717, 1.165) is 25.9 Å². The van der Waals surface area contributed by atoms with Crippen molar-refractivity contribution < 1.29 is 8.42 Å². The summed E-state index contributed by atoms with van der Waals surface area (Å²) in [6, 6.07) is 18.8. The summed E-state index contributed by atoms with van der Waals surface area (Å²) in [6.07, 6.45) is 5.82. The second-order valence-corrected chi connectivity index (χ2v) is 10.2. The van der Waals surface area contributed by atoms with Crippen molar-refractivity contribution in [2.24, 2.45) is 5.92 Å². The van der Waals surface area contributed by atoms with Crippen molar-refractivity contribution in [3.05, 3.63) is 65.2 Å². The Balaban J connectivity index is 1.32. The maximum absolute atomic E-state index is 10.7. The molecular weight excluding hydrogens is 406 g/mol. The number of thiol groups is 1. The van der Waals surface area contributed by atoms with E-state index in [2.05, 4.69) is 63.1 Å². The molecule has 2 heterocycles. The summed E-state index contributed by atoms with van der Waals surface area (Å²) in [6.45, 7) is 5.10. The van der Waals surface area contributed by atoms with Crippen molar-refractivity contribution in [2.45, 2.75) is 44.1 Å². The van der Waals surface area contributed by atoms with Crippen LogP contribution in [-0.4, -0.2) is 52.1 Å². The van der Waals surface area contributed by atoms with Crippen LogP contribution >= 0.6 is 0 Å². The molecule has 0 amide bonds. The first-order chi connectivity index (χ1) is 15.2. The molecule has 2 aromatic carbocycles. The van der Waals surface area contributed by atoms with Gasteiger partial charge in [0.1, 0.15) is 0 Å². The summed E-state index contributed by atoms with van der Waals surface area (Å²) >= 11 is 0. The van der Waals surface area contributed by atoms with Gasteiger partial charge in [0.25, 0.3) is 0 Å².